The van der Waals surface area contributed by atoms with Gasteiger partial charge in [0.1, 0.15) is 5.75 Å². The number of nitrogens with one attached hydrogen (secondary N) is 1. The first-order valence-electron chi connectivity index (χ1n) is 4.67. The average molecular weight is 314 g/mol. The number of halogens is 4. The maximum Gasteiger partial charge on any atom is 0.416 e. The Morgan fingerprint density at radius 3 is 2.65 bits per heavy atom. The highest BCUT2D eigenvalue weighted by molar-refractivity contribution is 9.10. The lowest BCUT2D eigenvalue weighted by Crippen LogP contribution is -2.34. The normalized spacial score (nSPS) is 13.3. The molecule has 1 aromatic carbocycles. The summed E-state index contributed by atoms with van der Waals surface area (Å²) in [6.07, 6.45) is -7.01. The second-order valence-corrected chi connectivity index (χ2v) is 4.14. The Bertz CT molecular complexity index is 384. The van der Waals surface area contributed by atoms with E-state index in [1.807, 2.05) is 0 Å². The molecule has 1 atom stereocenters. The third kappa shape index (κ3) is 4.08. The number of alkyl halides is 3. The molecule has 0 amide bonds. The monoisotopic (exact) mass is 313 g/mol. The summed E-state index contributed by atoms with van der Waals surface area (Å²) in [6.45, 7) is -0.603. The van der Waals surface area contributed by atoms with E-state index in [0.717, 1.165) is 0 Å². The molecule has 0 saturated heterocycles. The van der Waals surface area contributed by atoms with Gasteiger partial charge in [0.25, 0.3) is 0 Å². The summed E-state index contributed by atoms with van der Waals surface area (Å²) in [6, 6.07) is 4.75. The van der Waals surface area contributed by atoms with E-state index in [2.05, 4.69) is 21.2 Å². The largest absolute Gasteiger partial charge is 0.495 e. The summed E-state index contributed by atoms with van der Waals surface area (Å²) in [5, 5.41) is 11.3. The Hall–Kier alpha value is -0.950. The van der Waals surface area contributed by atoms with Gasteiger partial charge in [-0.25, -0.2) is 0 Å². The lowest BCUT2D eigenvalue weighted by molar-refractivity contribution is -0.198. The van der Waals surface area contributed by atoms with Crippen LogP contribution in [0.4, 0.5) is 18.9 Å². The number of methoxy groups -OCH3 is 1. The number of hydrogen-bond acceptors (Lipinski definition) is 3. The predicted octanol–water partition coefficient (Wildman–Crippen LogP) is 2.79. The van der Waals surface area contributed by atoms with E-state index < -0.39 is 18.8 Å². The molecule has 0 aromatic heterocycles. The van der Waals surface area contributed by atoms with Gasteiger partial charge in [0.05, 0.1) is 11.6 Å². The molecule has 0 spiro atoms. The van der Waals surface area contributed by atoms with Gasteiger partial charge in [-0.2, -0.15) is 13.2 Å². The molecule has 17 heavy (non-hydrogen) atoms. The van der Waals surface area contributed by atoms with E-state index in [-0.39, 0.29) is 0 Å². The molecule has 0 bridgehead atoms. The zero-order chi connectivity index (χ0) is 13.1. The number of aliphatic hydroxyl groups is 1. The number of aliphatic hydroxyl groups excluding tert-OH is 1. The molecule has 1 unspecified atom stereocenters. The molecule has 0 saturated carbocycles. The minimum Gasteiger partial charge on any atom is -0.495 e. The van der Waals surface area contributed by atoms with Crippen LogP contribution >= 0.6 is 15.9 Å². The zero-order valence-corrected chi connectivity index (χ0v) is 10.5. The molecule has 0 radical (unpaired) electrons. The highest BCUT2D eigenvalue weighted by atomic mass is 79.9. The summed E-state index contributed by atoms with van der Waals surface area (Å²) >= 11 is 3.22. The van der Waals surface area contributed by atoms with Crippen molar-refractivity contribution < 1.29 is 23.0 Å². The number of ether oxygens (including phenoxy) is 1. The van der Waals surface area contributed by atoms with Crippen molar-refractivity contribution in [3.63, 3.8) is 0 Å². The van der Waals surface area contributed by atoms with Crippen molar-refractivity contribution in [1.29, 1.82) is 0 Å². The first-order chi connectivity index (χ1) is 7.84. The van der Waals surface area contributed by atoms with Crippen molar-refractivity contribution in [2.75, 3.05) is 19.0 Å². The summed E-state index contributed by atoms with van der Waals surface area (Å²) in [5.74, 6) is 0.497. The van der Waals surface area contributed by atoms with E-state index in [9.17, 15) is 13.2 Å². The maximum atomic E-state index is 12.0. The van der Waals surface area contributed by atoms with Crippen molar-refractivity contribution in [1.82, 2.24) is 0 Å². The molecule has 7 heteroatoms. The first-order valence-corrected chi connectivity index (χ1v) is 5.46. The van der Waals surface area contributed by atoms with Crippen LogP contribution in [-0.2, 0) is 0 Å². The molecule has 0 heterocycles. The topological polar surface area (TPSA) is 41.5 Å². The van der Waals surface area contributed by atoms with Gasteiger partial charge in [-0.1, -0.05) is 0 Å². The van der Waals surface area contributed by atoms with Gasteiger partial charge in [-0.05, 0) is 28.1 Å². The first kappa shape index (κ1) is 14.1. The lowest BCUT2D eigenvalue weighted by atomic mass is 10.2. The predicted molar refractivity (Wildman–Crippen MR) is 61.2 cm³/mol. The molecule has 96 valence electrons. The fraction of sp³-hybridized carbons (Fsp3) is 0.400. The van der Waals surface area contributed by atoms with Gasteiger partial charge >= 0.3 is 6.18 Å². The third-order valence-electron chi connectivity index (χ3n) is 2.03. The van der Waals surface area contributed by atoms with Crippen molar-refractivity contribution in [2.45, 2.75) is 12.3 Å². The van der Waals surface area contributed by atoms with E-state index in [4.69, 9.17) is 9.84 Å². The van der Waals surface area contributed by atoms with Gasteiger partial charge in [-0.15, -0.1) is 0 Å². The van der Waals surface area contributed by atoms with Crippen LogP contribution in [0.3, 0.4) is 0 Å². The van der Waals surface area contributed by atoms with Crippen LogP contribution < -0.4 is 10.1 Å². The lowest BCUT2D eigenvalue weighted by Gasteiger charge is -2.16. The second-order valence-electron chi connectivity index (χ2n) is 3.29. The Kier molecular flexibility index (Phi) is 4.64. The second kappa shape index (κ2) is 5.59. The number of rotatable bonds is 4. The van der Waals surface area contributed by atoms with Gasteiger partial charge < -0.3 is 15.2 Å². The van der Waals surface area contributed by atoms with Gasteiger partial charge in [0.15, 0.2) is 6.10 Å². The SMILES string of the molecule is COc1cc(NCC(O)C(F)(F)F)ccc1Br. The summed E-state index contributed by atoms with van der Waals surface area (Å²) < 4.78 is 41.8. The summed E-state index contributed by atoms with van der Waals surface area (Å²) in [5.41, 5.74) is 0.438. The molecule has 0 aliphatic heterocycles. The Morgan fingerprint density at radius 2 is 2.12 bits per heavy atom. The standard InChI is InChI=1S/C10H11BrF3NO2/c1-17-8-4-6(2-3-7(8)11)15-5-9(16)10(12,13)14/h2-4,9,15-16H,5H2,1H3. The van der Waals surface area contributed by atoms with Crippen LogP contribution in [0.1, 0.15) is 0 Å². The van der Waals surface area contributed by atoms with Crippen molar-refractivity contribution in [2.24, 2.45) is 0 Å². The van der Waals surface area contributed by atoms with Gasteiger partial charge in [0.2, 0.25) is 0 Å². The quantitative estimate of drug-likeness (QED) is 0.898. The average Bonchev–Trinajstić information content (AvgIpc) is 2.26. The van der Waals surface area contributed by atoms with E-state index in [1.165, 1.54) is 13.2 Å². The van der Waals surface area contributed by atoms with Crippen molar-refractivity contribution >= 4 is 21.6 Å². The van der Waals surface area contributed by atoms with E-state index in [0.29, 0.717) is 15.9 Å². The molecule has 0 aliphatic rings. The maximum absolute atomic E-state index is 12.0. The van der Waals surface area contributed by atoms with Crippen LogP contribution in [-0.4, -0.2) is 31.0 Å². The van der Waals surface area contributed by atoms with Crippen molar-refractivity contribution in [3.05, 3.63) is 22.7 Å². The Labute approximate surface area is 105 Å². The fourth-order valence-corrected chi connectivity index (χ4v) is 1.51. The molecular formula is C10H11BrF3NO2. The highest BCUT2D eigenvalue weighted by Crippen LogP contribution is 2.28. The van der Waals surface area contributed by atoms with Crippen LogP contribution in [0.5, 0.6) is 5.75 Å². The van der Waals surface area contributed by atoms with E-state index in [1.54, 1.807) is 12.1 Å². The number of anilines is 1. The Balaban J connectivity index is 2.64. The minimum absolute atomic E-state index is 0.438. The molecular weight excluding hydrogens is 303 g/mol. The molecule has 3 nitrogen and oxygen atoms in total. The van der Waals surface area contributed by atoms with Crippen molar-refractivity contribution in [3.8, 4) is 5.75 Å². The fourth-order valence-electron chi connectivity index (χ4n) is 1.10. The van der Waals surface area contributed by atoms with Crippen LogP contribution in [0.2, 0.25) is 0 Å². The Morgan fingerprint density at radius 1 is 1.47 bits per heavy atom. The number of benzene rings is 1. The third-order valence-corrected chi connectivity index (χ3v) is 2.68. The summed E-state index contributed by atoms with van der Waals surface area (Å²) in [4.78, 5) is 0. The molecule has 1 rings (SSSR count). The highest BCUT2D eigenvalue weighted by Gasteiger charge is 2.37. The molecule has 1 aromatic rings. The van der Waals surface area contributed by atoms with Crippen LogP contribution in [0.15, 0.2) is 22.7 Å². The van der Waals surface area contributed by atoms with Gasteiger partial charge in [-0.3, -0.25) is 0 Å². The van der Waals surface area contributed by atoms with Gasteiger partial charge in [0, 0.05) is 18.3 Å². The molecule has 2 N–H and O–H groups in total. The minimum atomic E-state index is -4.62. The summed E-state index contributed by atoms with van der Waals surface area (Å²) in [7, 11) is 1.45. The molecule has 0 aliphatic carbocycles. The number of hydrogen-bond donors (Lipinski definition) is 2. The smallest absolute Gasteiger partial charge is 0.416 e. The van der Waals surface area contributed by atoms with Crippen LogP contribution in [0.25, 0.3) is 0 Å². The zero-order valence-electron chi connectivity index (χ0n) is 8.88. The van der Waals surface area contributed by atoms with E-state index >= 15 is 0 Å². The van der Waals surface area contributed by atoms with Crippen LogP contribution in [0, 0.1) is 0 Å². The molecule has 0 fully saturated rings.